The summed E-state index contributed by atoms with van der Waals surface area (Å²) in [6.45, 7) is 2.99. The minimum atomic E-state index is -0.639. The molecule has 2 aromatic rings. The molecule has 1 aliphatic heterocycles. The quantitative estimate of drug-likeness (QED) is 0.939. The number of carbonyl (C=O) groups excluding carboxylic acids is 1. The maximum absolute atomic E-state index is 12.5. The second-order valence-electron chi connectivity index (χ2n) is 5.53. The lowest BCUT2D eigenvalue weighted by Gasteiger charge is -2.30. The van der Waals surface area contributed by atoms with Gasteiger partial charge in [-0.15, -0.1) is 0 Å². The predicted octanol–water partition coefficient (Wildman–Crippen LogP) is 2.73. The second-order valence-corrected chi connectivity index (χ2v) is 5.53. The van der Waals surface area contributed by atoms with E-state index in [-0.39, 0.29) is 5.91 Å². The van der Waals surface area contributed by atoms with Crippen LogP contribution in [-0.2, 0) is 6.42 Å². The first kappa shape index (κ1) is 13.8. The number of aliphatic hydroxyl groups is 1. The molecule has 3 nitrogen and oxygen atoms in total. The lowest BCUT2D eigenvalue weighted by Crippen LogP contribution is -2.40. The van der Waals surface area contributed by atoms with E-state index >= 15 is 0 Å². The van der Waals surface area contributed by atoms with E-state index in [1.807, 2.05) is 55.5 Å². The van der Waals surface area contributed by atoms with Crippen molar-refractivity contribution < 1.29 is 9.90 Å². The van der Waals surface area contributed by atoms with E-state index < -0.39 is 6.10 Å². The van der Waals surface area contributed by atoms with Gasteiger partial charge in [0, 0.05) is 12.1 Å². The third-order valence-corrected chi connectivity index (χ3v) is 4.13. The minimum Gasteiger partial charge on any atom is -0.387 e. The van der Waals surface area contributed by atoms with Gasteiger partial charge < -0.3 is 10.0 Å². The van der Waals surface area contributed by atoms with Crippen molar-refractivity contribution in [3.63, 3.8) is 0 Å². The van der Waals surface area contributed by atoms with Crippen LogP contribution in [0.5, 0.6) is 0 Å². The van der Waals surface area contributed by atoms with Crippen LogP contribution in [0, 0.1) is 6.92 Å². The van der Waals surface area contributed by atoms with Crippen LogP contribution in [0.2, 0.25) is 0 Å². The third-order valence-electron chi connectivity index (χ3n) is 4.13. The van der Waals surface area contributed by atoms with Crippen molar-refractivity contribution in [3.05, 3.63) is 70.8 Å². The molecule has 0 fully saturated rings. The van der Waals surface area contributed by atoms with Crippen LogP contribution in [0.15, 0.2) is 48.5 Å². The number of amides is 1. The highest BCUT2D eigenvalue weighted by molar-refractivity contribution is 5.96. The number of fused-ring (bicyclic) bond motifs is 1. The second kappa shape index (κ2) is 5.70. The first-order valence-corrected chi connectivity index (χ1v) is 7.27. The maximum Gasteiger partial charge on any atom is 0.254 e. The standard InChI is InChI=1S/C18H19NO2/c1-13-6-2-4-8-15(13)17(20)12-19-11-10-14-7-3-5-9-16(14)18(19)21/h2-9,17,20H,10-12H2,1H3. The number of β-amino-alcohol motifs (C(OH)–C–C–N with tert-alkyl or cyclic N) is 1. The fourth-order valence-electron chi connectivity index (χ4n) is 2.92. The summed E-state index contributed by atoms with van der Waals surface area (Å²) >= 11 is 0. The summed E-state index contributed by atoms with van der Waals surface area (Å²) in [7, 11) is 0. The van der Waals surface area contributed by atoms with E-state index in [2.05, 4.69) is 0 Å². The number of rotatable bonds is 3. The van der Waals surface area contributed by atoms with Crippen molar-refractivity contribution in [1.29, 1.82) is 0 Å². The molecule has 0 aliphatic carbocycles. The largest absolute Gasteiger partial charge is 0.387 e. The number of carbonyl (C=O) groups is 1. The average molecular weight is 281 g/mol. The Labute approximate surface area is 124 Å². The van der Waals surface area contributed by atoms with Crippen molar-refractivity contribution in [2.24, 2.45) is 0 Å². The average Bonchev–Trinajstić information content (AvgIpc) is 2.51. The Hall–Kier alpha value is -2.13. The lowest BCUT2D eigenvalue weighted by atomic mass is 9.97. The van der Waals surface area contributed by atoms with Gasteiger partial charge in [0.1, 0.15) is 0 Å². The number of nitrogens with zero attached hydrogens (tertiary/aromatic N) is 1. The molecule has 3 rings (SSSR count). The van der Waals surface area contributed by atoms with E-state index in [1.165, 1.54) is 0 Å². The van der Waals surface area contributed by atoms with Crippen molar-refractivity contribution in [2.45, 2.75) is 19.4 Å². The SMILES string of the molecule is Cc1ccccc1C(O)CN1CCc2ccccc2C1=O. The van der Waals surface area contributed by atoms with E-state index in [4.69, 9.17) is 0 Å². The number of hydrogen-bond donors (Lipinski definition) is 1. The molecule has 0 saturated heterocycles. The molecule has 21 heavy (non-hydrogen) atoms. The Bertz CT molecular complexity index is 666. The molecule has 1 amide bonds. The third kappa shape index (κ3) is 2.69. The zero-order chi connectivity index (χ0) is 14.8. The van der Waals surface area contributed by atoms with Crippen LogP contribution in [0.25, 0.3) is 0 Å². The van der Waals surface area contributed by atoms with Gasteiger partial charge >= 0.3 is 0 Å². The van der Waals surface area contributed by atoms with Crippen molar-refractivity contribution >= 4 is 5.91 Å². The van der Waals surface area contributed by atoms with Crippen LogP contribution >= 0.6 is 0 Å². The monoisotopic (exact) mass is 281 g/mol. The van der Waals surface area contributed by atoms with Gasteiger partial charge in [-0.25, -0.2) is 0 Å². The highest BCUT2D eigenvalue weighted by Crippen LogP contribution is 2.23. The lowest BCUT2D eigenvalue weighted by molar-refractivity contribution is 0.0603. The van der Waals surface area contributed by atoms with E-state index in [9.17, 15) is 9.90 Å². The summed E-state index contributed by atoms with van der Waals surface area (Å²) in [5.74, 6) is 0.0180. The molecule has 2 aromatic carbocycles. The Balaban J connectivity index is 1.78. The van der Waals surface area contributed by atoms with Gasteiger partial charge in [0.25, 0.3) is 5.91 Å². The zero-order valence-electron chi connectivity index (χ0n) is 12.1. The normalized spacial score (nSPS) is 15.7. The summed E-state index contributed by atoms with van der Waals surface area (Å²) in [4.78, 5) is 14.2. The molecule has 0 spiro atoms. The number of aliphatic hydroxyl groups excluding tert-OH is 1. The zero-order valence-corrected chi connectivity index (χ0v) is 12.1. The molecule has 1 unspecified atom stereocenters. The van der Waals surface area contributed by atoms with E-state index in [1.54, 1.807) is 4.90 Å². The molecule has 0 aromatic heterocycles. The molecule has 3 heteroatoms. The molecule has 108 valence electrons. The minimum absolute atomic E-state index is 0.0180. The molecular weight excluding hydrogens is 262 g/mol. The fraction of sp³-hybridized carbons (Fsp3) is 0.278. The van der Waals surface area contributed by atoms with E-state index in [0.29, 0.717) is 13.1 Å². The van der Waals surface area contributed by atoms with Gasteiger partial charge in [-0.3, -0.25) is 4.79 Å². The predicted molar refractivity (Wildman–Crippen MR) is 82.2 cm³/mol. The first-order chi connectivity index (χ1) is 10.2. The van der Waals surface area contributed by atoms with Gasteiger partial charge in [-0.2, -0.15) is 0 Å². The molecule has 1 atom stereocenters. The van der Waals surface area contributed by atoms with Crippen LogP contribution in [0.1, 0.15) is 33.2 Å². The van der Waals surface area contributed by atoms with Crippen LogP contribution in [-0.4, -0.2) is 29.0 Å². The Morgan fingerprint density at radius 2 is 1.86 bits per heavy atom. The van der Waals surface area contributed by atoms with Gasteiger partial charge in [0.15, 0.2) is 0 Å². The fourth-order valence-corrected chi connectivity index (χ4v) is 2.92. The number of hydrogen-bond acceptors (Lipinski definition) is 2. The van der Waals surface area contributed by atoms with Crippen LogP contribution < -0.4 is 0 Å². The summed E-state index contributed by atoms with van der Waals surface area (Å²) in [5, 5.41) is 10.4. The molecule has 0 radical (unpaired) electrons. The highest BCUT2D eigenvalue weighted by atomic mass is 16.3. The molecule has 1 aliphatic rings. The Morgan fingerprint density at radius 1 is 1.14 bits per heavy atom. The van der Waals surface area contributed by atoms with Gasteiger partial charge in [0.05, 0.1) is 12.6 Å². The smallest absolute Gasteiger partial charge is 0.254 e. The summed E-state index contributed by atoms with van der Waals surface area (Å²) < 4.78 is 0. The molecule has 1 N–H and O–H groups in total. The van der Waals surface area contributed by atoms with Crippen LogP contribution in [0.3, 0.4) is 0 Å². The Kier molecular flexibility index (Phi) is 3.76. The molecule has 1 heterocycles. The summed E-state index contributed by atoms with van der Waals surface area (Å²) in [6.07, 6.45) is 0.211. The van der Waals surface area contributed by atoms with E-state index in [0.717, 1.165) is 28.7 Å². The Morgan fingerprint density at radius 3 is 2.67 bits per heavy atom. The summed E-state index contributed by atoms with van der Waals surface area (Å²) in [5.41, 5.74) is 3.81. The number of aryl methyl sites for hydroxylation is 1. The summed E-state index contributed by atoms with van der Waals surface area (Å²) in [6, 6.07) is 15.5. The highest BCUT2D eigenvalue weighted by Gasteiger charge is 2.26. The van der Waals surface area contributed by atoms with Crippen molar-refractivity contribution in [2.75, 3.05) is 13.1 Å². The van der Waals surface area contributed by atoms with Crippen molar-refractivity contribution in [3.8, 4) is 0 Å². The van der Waals surface area contributed by atoms with Gasteiger partial charge in [-0.1, -0.05) is 42.5 Å². The topological polar surface area (TPSA) is 40.5 Å². The number of benzene rings is 2. The van der Waals surface area contributed by atoms with Gasteiger partial charge in [-0.05, 0) is 36.1 Å². The maximum atomic E-state index is 12.5. The van der Waals surface area contributed by atoms with Gasteiger partial charge in [0.2, 0.25) is 0 Å². The first-order valence-electron chi connectivity index (χ1n) is 7.27. The molecular formula is C18H19NO2. The van der Waals surface area contributed by atoms with Crippen molar-refractivity contribution in [1.82, 2.24) is 4.90 Å². The van der Waals surface area contributed by atoms with Crippen LogP contribution in [0.4, 0.5) is 0 Å². The molecule has 0 bridgehead atoms. The molecule has 0 saturated carbocycles.